The molecule has 2 aromatic heterocycles. The summed E-state index contributed by atoms with van der Waals surface area (Å²) in [6.07, 6.45) is 8.77. The first-order valence-corrected chi connectivity index (χ1v) is 11.1. The van der Waals surface area contributed by atoms with Gasteiger partial charge >= 0.3 is 0 Å². The van der Waals surface area contributed by atoms with E-state index in [1.165, 1.54) is 0 Å². The first-order valence-electron chi connectivity index (χ1n) is 9.67. The minimum Gasteiger partial charge on any atom is -0.365 e. The molecule has 1 N–H and O–H groups in total. The number of nitrogens with one attached hydrogen (secondary N) is 1. The van der Waals surface area contributed by atoms with E-state index in [-0.39, 0.29) is 0 Å². The van der Waals surface area contributed by atoms with Gasteiger partial charge in [-0.25, -0.2) is 18.1 Å². The Balaban J connectivity index is 1.42. The monoisotopic (exact) mass is 412 g/mol. The fraction of sp³-hybridized carbons (Fsp3) is 0.350. The van der Waals surface area contributed by atoms with Crippen LogP contribution in [0.4, 0.5) is 5.82 Å². The van der Waals surface area contributed by atoms with Crippen molar-refractivity contribution in [3.8, 4) is 5.82 Å². The number of rotatable bonds is 6. The number of sulfonamides is 1. The molecular weight excluding hydrogens is 388 g/mol. The Bertz CT molecular complexity index is 1050. The van der Waals surface area contributed by atoms with Crippen LogP contribution >= 0.6 is 0 Å². The Kier molecular flexibility index (Phi) is 5.59. The van der Waals surface area contributed by atoms with Gasteiger partial charge in [0.2, 0.25) is 10.0 Å². The highest BCUT2D eigenvalue weighted by molar-refractivity contribution is 7.89. The number of anilines is 1. The van der Waals surface area contributed by atoms with Gasteiger partial charge in [-0.15, -0.1) is 0 Å². The van der Waals surface area contributed by atoms with Gasteiger partial charge in [-0.1, -0.05) is 19.1 Å². The van der Waals surface area contributed by atoms with E-state index >= 15 is 0 Å². The van der Waals surface area contributed by atoms with Gasteiger partial charge in [0.15, 0.2) is 5.82 Å². The predicted molar refractivity (Wildman–Crippen MR) is 110 cm³/mol. The van der Waals surface area contributed by atoms with Crippen LogP contribution in [-0.4, -0.2) is 45.6 Å². The fourth-order valence-corrected chi connectivity index (χ4v) is 5.04. The third kappa shape index (κ3) is 4.46. The van der Waals surface area contributed by atoms with Crippen molar-refractivity contribution in [2.75, 3.05) is 18.4 Å². The van der Waals surface area contributed by atoms with Crippen LogP contribution in [0, 0.1) is 5.92 Å². The summed E-state index contributed by atoms with van der Waals surface area (Å²) in [5.41, 5.74) is 0.960. The molecule has 1 aromatic carbocycles. The summed E-state index contributed by atoms with van der Waals surface area (Å²) in [5.74, 6) is 1.65. The van der Waals surface area contributed by atoms with Crippen LogP contribution in [0.25, 0.3) is 5.82 Å². The molecule has 1 atom stereocenters. The number of hydrogen-bond acceptors (Lipinski definition) is 6. The van der Waals surface area contributed by atoms with Crippen molar-refractivity contribution in [1.82, 2.24) is 24.1 Å². The van der Waals surface area contributed by atoms with Crippen molar-refractivity contribution in [3.63, 3.8) is 0 Å². The first kappa shape index (κ1) is 19.5. The third-order valence-corrected chi connectivity index (χ3v) is 6.89. The minimum absolute atomic E-state index is 0.343. The molecule has 3 heterocycles. The molecule has 1 aliphatic rings. The van der Waals surface area contributed by atoms with E-state index in [9.17, 15) is 8.42 Å². The molecule has 3 aromatic rings. The van der Waals surface area contributed by atoms with Crippen LogP contribution in [0.2, 0.25) is 0 Å². The largest absolute Gasteiger partial charge is 0.365 e. The van der Waals surface area contributed by atoms with Crippen LogP contribution in [0.5, 0.6) is 0 Å². The molecule has 0 spiro atoms. The highest BCUT2D eigenvalue weighted by atomic mass is 32.2. The SMILES string of the molecule is C[C@@H]1CCCN(S(=O)(=O)c2ccc(CNc3cncc(-n4cccn4)n3)cc2)C1. The maximum atomic E-state index is 12.9. The molecule has 1 fully saturated rings. The topological polar surface area (TPSA) is 93.0 Å². The van der Waals surface area contributed by atoms with Crippen LogP contribution in [-0.2, 0) is 16.6 Å². The Labute approximate surface area is 170 Å². The number of hydrogen-bond donors (Lipinski definition) is 1. The average molecular weight is 413 g/mol. The van der Waals surface area contributed by atoms with Crippen molar-refractivity contribution in [1.29, 1.82) is 0 Å². The molecule has 8 nitrogen and oxygen atoms in total. The van der Waals surface area contributed by atoms with Crippen LogP contribution < -0.4 is 5.32 Å². The third-order valence-electron chi connectivity index (χ3n) is 5.02. The molecule has 0 amide bonds. The lowest BCUT2D eigenvalue weighted by Crippen LogP contribution is -2.39. The molecule has 0 unspecified atom stereocenters. The Morgan fingerprint density at radius 1 is 1.21 bits per heavy atom. The normalized spacial score (nSPS) is 17.9. The Hall–Kier alpha value is -2.78. The summed E-state index contributed by atoms with van der Waals surface area (Å²) in [5, 5.41) is 7.36. The van der Waals surface area contributed by atoms with E-state index in [1.807, 2.05) is 18.2 Å². The minimum atomic E-state index is -3.43. The van der Waals surface area contributed by atoms with Gasteiger partial charge in [-0.2, -0.15) is 9.40 Å². The molecule has 0 saturated carbocycles. The molecule has 0 aliphatic carbocycles. The van der Waals surface area contributed by atoms with Gasteiger partial charge < -0.3 is 5.32 Å². The lowest BCUT2D eigenvalue weighted by molar-refractivity contribution is 0.281. The van der Waals surface area contributed by atoms with Crippen molar-refractivity contribution in [3.05, 3.63) is 60.7 Å². The summed E-state index contributed by atoms with van der Waals surface area (Å²) in [4.78, 5) is 9.01. The zero-order valence-corrected chi connectivity index (χ0v) is 17.1. The van der Waals surface area contributed by atoms with Crippen LogP contribution in [0.15, 0.2) is 60.0 Å². The smallest absolute Gasteiger partial charge is 0.243 e. The van der Waals surface area contributed by atoms with Gasteiger partial charge in [0.05, 0.1) is 17.3 Å². The molecular formula is C20H24N6O2S. The first-order chi connectivity index (χ1) is 14.0. The van der Waals surface area contributed by atoms with Gasteiger partial charge in [0, 0.05) is 32.0 Å². The van der Waals surface area contributed by atoms with E-state index in [1.54, 1.807) is 45.9 Å². The number of benzene rings is 1. The maximum absolute atomic E-state index is 12.9. The summed E-state index contributed by atoms with van der Waals surface area (Å²) >= 11 is 0. The average Bonchev–Trinajstić information content (AvgIpc) is 3.28. The molecule has 9 heteroatoms. The van der Waals surface area contributed by atoms with E-state index < -0.39 is 10.0 Å². The molecule has 0 radical (unpaired) electrons. The molecule has 29 heavy (non-hydrogen) atoms. The second kappa shape index (κ2) is 8.30. The summed E-state index contributed by atoms with van der Waals surface area (Å²) in [6.45, 7) is 3.80. The molecule has 4 rings (SSSR count). The lowest BCUT2D eigenvalue weighted by atomic mass is 10.0. The summed E-state index contributed by atoms with van der Waals surface area (Å²) < 4.78 is 29.0. The highest BCUT2D eigenvalue weighted by Crippen LogP contribution is 2.23. The van der Waals surface area contributed by atoms with Gasteiger partial charge in [0.1, 0.15) is 5.82 Å². The second-order valence-corrected chi connectivity index (χ2v) is 9.26. The van der Waals surface area contributed by atoms with Crippen molar-refractivity contribution in [2.24, 2.45) is 5.92 Å². The van der Waals surface area contributed by atoms with Crippen molar-refractivity contribution in [2.45, 2.75) is 31.2 Å². The zero-order valence-electron chi connectivity index (χ0n) is 16.3. The van der Waals surface area contributed by atoms with Crippen molar-refractivity contribution >= 4 is 15.8 Å². The van der Waals surface area contributed by atoms with Gasteiger partial charge in [-0.05, 0) is 42.5 Å². The highest BCUT2D eigenvalue weighted by Gasteiger charge is 2.28. The van der Waals surface area contributed by atoms with E-state index in [2.05, 4.69) is 27.3 Å². The molecule has 0 bridgehead atoms. The Morgan fingerprint density at radius 3 is 2.76 bits per heavy atom. The Morgan fingerprint density at radius 2 is 2.03 bits per heavy atom. The summed E-state index contributed by atoms with van der Waals surface area (Å²) in [7, 11) is -3.43. The van der Waals surface area contributed by atoms with Crippen LogP contribution in [0.3, 0.4) is 0 Å². The number of nitrogens with zero attached hydrogens (tertiary/aromatic N) is 5. The van der Waals surface area contributed by atoms with Gasteiger partial charge in [0.25, 0.3) is 0 Å². The number of aromatic nitrogens is 4. The fourth-order valence-electron chi connectivity index (χ4n) is 3.44. The maximum Gasteiger partial charge on any atom is 0.243 e. The summed E-state index contributed by atoms with van der Waals surface area (Å²) in [6, 6.07) is 8.84. The van der Waals surface area contributed by atoms with Gasteiger partial charge in [-0.3, -0.25) is 4.98 Å². The predicted octanol–water partition coefficient (Wildman–Crippen LogP) is 2.70. The number of piperidine rings is 1. The molecule has 1 aliphatic heterocycles. The molecule has 152 valence electrons. The quantitative estimate of drug-likeness (QED) is 0.669. The standard InChI is InChI=1S/C20H24N6O2S/c1-16-4-2-10-25(15-16)29(27,28)18-7-5-17(6-8-18)12-22-19-13-21-14-20(24-19)26-11-3-9-23-26/h3,5-9,11,13-14,16H,2,4,10,12,15H2,1H3,(H,22,24)/t16-/m1/s1. The zero-order chi connectivity index (χ0) is 20.3. The van der Waals surface area contributed by atoms with Crippen molar-refractivity contribution < 1.29 is 8.42 Å². The molecule has 1 saturated heterocycles. The lowest BCUT2D eigenvalue weighted by Gasteiger charge is -2.30. The van der Waals surface area contributed by atoms with Crippen LogP contribution in [0.1, 0.15) is 25.3 Å². The second-order valence-electron chi connectivity index (χ2n) is 7.32. The van der Waals surface area contributed by atoms with E-state index in [0.29, 0.717) is 42.1 Å². The van der Waals surface area contributed by atoms with E-state index in [0.717, 1.165) is 18.4 Å². The van der Waals surface area contributed by atoms with E-state index in [4.69, 9.17) is 0 Å².